The molecule has 1 aliphatic rings. The number of rotatable bonds is 5. The van der Waals surface area contributed by atoms with E-state index in [0.717, 1.165) is 0 Å². The topological polar surface area (TPSA) is 91.8 Å². The van der Waals surface area contributed by atoms with Gasteiger partial charge in [-0.2, -0.15) is 5.10 Å². The molecule has 1 fully saturated rings. The monoisotopic (exact) mass is 352 g/mol. The lowest BCUT2D eigenvalue weighted by molar-refractivity contribution is -0.122. The van der Waals surface area contributed by atoms with E-state index in [1.165, 1.54) is 6.21 Å². The van der Waals surface area contributed by atoms with Gasteiger partial charge in [-0.1, -0.05) is 30.3 Å². The highest BCUT2D eigenvalue weighted by molar-refractivity contribution is 5.91. The molecule has 134 valence electrons. The Morgan fingerprint density at radius 2 is 1.96 bits per heavy atom. The molecule has 1 heterocycles. The number of amides is 1. The van der Waals surface area contributed by atoms with Crippen molar-refractivity contribution in [2.75, 3.05) is 0 Å². The zero-order valence-electron chi connectivity index (χ0n) is 14.3. The van der Waals surface area contributed by atoms with E-state index in [0.29, 0.717) is 23.3 Å². The van der Waals surface area contributed by atoms with Crippen molar-refractivity contribution in [3.8, 4) is 5.75 Å². The van der Waals surface area contributed by atoms with Crippen molar-refractivity contribution in [1.82, 2.24) is 16.3 Å². The van der Waals surface area contributed by atoms with Crippen LogP contribution in [0.2, 0.25) is 0 Å². The summed E-state index contributed by atoms with van der Waals surface area (Å²) in [4.78, 5) is 24.0. The van der Waals surface area contributed by atoms with Crippen LogP contribution in [-0.4, -0.2) is 30.2 Å². The molecule has 1 aliphatic heterocycles. The van der Waals surface area contributed by atoms with Gasteiger partial charge in [0.2, 0.25) is 0 Å². The van der Waals surface area contributed by atoms with Gasteiger partial charge in [-0.3, -0.25) is 10.2 Å². The Hall–Kier alpha value is -3.03. The molecule has 2 aromatic carbocycles. The summed E-state index contributed by atoms with van der Waals surface area (Å²) in [5.74, 6) is -0.226. The minimum Gasteiger partial charge on any atom is -0.423 e. The molecule has 3 N–H and O–H groups in total. The summed E-state index contributed by atoms with van der Waals surface area (Å²) in [6, 6.07) is 15.6. The molecule has 2 atom stereocenters. The maximum Gasteiger partial charge on any atom is 0.343 e. The smallest absolute Gasteiger partial charge is 0.343 e. The Bertz CT molecular complexity index is 807. The molecule has 0 aromatic heterocycles. The summed E-state index contributed by atoms with van der Waals surface area (Å²) < 4.78 is 5.36. The van der Waals surface area contributed by atoms with E-state index in [2.05, 4.69) is 21.4 Å². The fourth-order valence-electron chi connectivity index (χ4n) is 2.53. The quantitative estimate of drug-likeness (QED) is 0.329. The minimum atomic E-state index is -0.429. The summed E-state index contributed by atoms with van der Waals surface area (Å²) in [5, 5.41) is 3.96. The number of nitrogens with zero attached hydrogens (tertiary/aromatic N) is 1. The number of hydrazone groups is 1. The number of ether oxygens (including phenoxy) is 1. The van der Waals surface area contributed by atoms with Crippen LogP contribution in [0.25, 0.3) is 0 Å². The number of hydrazine groups is 1. The molecular weight excluding hydrogens is 332 g/mol. The van der Waals surface area contributed by atoms with Crippen molar-refractivity contribution in [2.24, 2.45) is 5.10 Å². The fraction of sp³-hybridized carbons (Fsp3) is 0.211. The minimum absolute atomic E-state index is 0.204. The summed E-state index contributed by atoms with van der Waals surface area (Å²) in [6.45, 7) is 1.99. The molecule has 0 spiro atoms. The number of benzene rings is 2. The van der Waals surface area contributed by atoms with E-state index < -0.39 is 5.97 Å². The number of esters is 1. The zero-order valence-corrected chi connectivity index (χ0v) is 14.3. The van der Waals surface area contributed by atoms with Crippen molar-refractivity contribution in [2.45, 2.75) is 25.4 Å². The molecule has 0 radical (unpaired) electrons. The van der Waals surface area contributed by atoms with Gasteiger partial charge in [0, 0.05) is 6.04 Å². The van der Waals surface area contributed by atoms with Crippen LogP contribution in [0.1, 0.15) is 29.3 Å². The fourth-order valence-corrected chi connectivity index (χ4v) is 2.53. The molecule has 2 unspecified atom stereocenters. The summed E-state index contributed by atoms with van der Waals surface area (Å²) in [5.41, 5.74) is 9.57. The molecule has 0 aliphatic carbocycles. The van der Waals surface area contributed by atoms with Gasteiger partial charge >= 0.3 is 5.97 Å². The van der Waals surface area contributed by atoms with Crippen LogP contribution in [0.15, 0.2) is 59.7 Å². The van der Waals surface area contributed by atoms with E-state index in [1.807, 2.05) is 13.0 Å². The third-order valence-corrected chi connectivity index (χ3v) is 3.88. The van der Waals surface area contributed by atoms with Gasteiger partial charge in [0.1, 0.15) is 11.8 Å². The van der Waals surface area contributed by atoms with E-state index >= 15 is 0 Å². The number of carbonyl (C=O) groups excluding carboxylic acids is 2. The second kappa shape index (κ2) is 8.37. The summed E-state index contributed by atoms with van der Waals surface area (Å²) >= 11 is 0. The van der Waals surface area contributed by atoms with Crippen molar-refractivity contribution in [3.05, 3.63) is 65.7 Å². The Balaban J connectivity index is 1.57. The lowest BCUT2D eigenvalue weighted by atomic mass is 10.1. The molecule has 0 bridgehead atoms. The molecule has 3 rings (SSSR count). The van der Waals surface area contributed by atoms with Crippen LogP contribution in [0.3, 0.4) is 0 Å². The van der Waals surface area contributed by atoms with Gasteiger partial charge in [-0.25, -0.2) is 15.6 Å². The van der Waals surface area contributed by atoms with Crippen molar-refractivity contribution in [3.63, 3.8) is 0 Å². The van der Waals surface area contributed by atoms with Crippen LogP contribution < -0.4 is 21.0 Å². The first-order chi connectivity index (χ1) is 12.6. The van der Waals surface area contributed by atoms with Crippen LogP contribution in [0.4, 0.5) is 0 Å². The number of nitrogens with one attached hydrogen (secondary N) is 3. The SMILES string of the molecule is CC1CC(C(=O)N/N=C/c2cccc(OC(=O)c3ccccc3)c2)NN1. The van der Waals surface area contributed by atoms with Gasteiger partial charge in [-0.15, -0.1) is 0 Å². The van der Waals surface area contributed by atoms with Crippen LogP contribution in [0, 0.1) is 0 Å². The van der Waals surface area contributed by atoms with Crippen LogP contribution >= 0.6 is 0 Å². The second-order valence-electron chi connectivity index (χ2n) is 6.04. The third kappa shape index (κ3) is 4.75. The maximum absolute atomic E-state index is 12.1. The standard InChI is InChI=1S/C19H20N4O3/c1-13-10-17(22-21-13)18(24)23-20-12-14-6-5-9-16(11-14)26-19(25)15-7-3-2-4-8-15/h2-9,11-13,17,21-22H,10H2,1H3,(H,23,24)/b20-12+. The van der Waals surface area contributed by atoms with E-state index in [-0.39, 0.29) is 18.0 Å². The average molecular weight is 352 g/mol. The molecular formula is C19H20N4O3. The molecule has 7 heteroatoms. The first-order valence-corrected chi connectivity index (χ1v) is 8.33. The lowest BCUT2D eigenvalue weighted by Gasteiger charge is -2.07. The Morgan fingerprint density at radius 3 is 2.69 bits per heavy atom. The first-order valence-electron chi connectivity index (χ1n) is 8.33. The lowest BCUT2D eigenvalue weighted by Crippen LogP contribution is -2.41. The van der Waals surface area contributed by atoms with E-state index in [9.17, 15) is 9.59 Å². The highest BCUT2D eigenvalue weighted by Crippen LogP contribution is 2.14. The molecule has 1 amide bonds. The van der Waals surface area contributed by atoms with Crippen LogP contribution in [0.5, 0.6) is 5.75 Å². The Labute approximate surface area is 151 Å². The second-order valence-corrected chi connectivity index (χ2v) is 6.04. The van der Waals surface area contributed by atoms with Gasteiger partial charge < -0.3 is 4.74 Å². The van der Waals surface area contributed by atoms with Gasteiger partial charge in [-0.05, 0) is 43.2 Å². The van der Waals surface area contributed by atoms with Crippen LogP contribution in [-0.2, 0) is 4.79 Å². The summed E-state index contributed by atoms with van der Waals surface area (Å²) in [7, 11) is 0. The predicted octanol–water partition coefficient (Wildman–Crippen LogP) is 1.61. The molecule has 2 aromatic rings. The predicted molar refractivity (Wildman–Crippen MR) is 97.7 cm³/mol. The molecule has 26 heavy (non-hydrogen) atoms. The molecule has 1 saturated heterocycles. The average Bonchev–Trinajstić information content (AvgIpc) is 3.09. The number of hydrogen-bond acceptors (Lipinski definition) is 6. The number of hydrogen-bond donors (Lipinski definition) is 3. The van der Waals surface area contributed by atoms with Gasteiger partial charge in [0.05, 0.1) is 11.8 Å². The Morgan fingerprint density at radius 1 is 1.15 bits per heavy atom. The van der Waals surface area contributed by atoms with E-state index in [1.54, 1.807) is 48.5 Å². The van der Waals surface area contributed by atoms with Gasteiger partial charge in [0.15, 0.2) is 0 Å². The first kappa shape index (κ1) is 17.8. The van der Waals surface area contributed by atoms with Crippen molar-refractivity contribution >= 4 is 18.1 Å². The normalized spacial score (nSPS) is 19.4. The maximum atomic E-state index is 12.1. The highest BCUT2D eigenvalue weighted by atomic mass is 16.5. The van der Waals surface area contributed by atoms with Crippen molar-refractivity contribution in [1.29, 1.82) is 0 Å². The Kier molecular flexibility index (Phi) is 5.73. The summed E-state index contributed by atoms with van der Waals surface area (Å²) in [6.07, 6.45) is 2.20. The van der Waals surface area contributed by atoms with Crippen molar-refractivity contribution < 1.29 is 14.3 Å². The molecule has 0 saturated carbocycles. The largest absolute Gasteiger partial charge is 0.423 e. The third-order valence-electron chi connectivity index (χ3n) is 3.88. The van der Waals surface area contributed by atoms with E-state index in [4.69, 9.17) is 4.74 Å². The van der Waals surface area contributed by atoms with Gasteiger partial charge in [0.25, 0.3) is 5.91 Å². The molecule has 7 nitrogen and oxygen atoms in total. The number of carbonyl (C=O) groups is 2. The zero-order chi connectivity index (χ0) is 18.4. The highest BCUT2D eigenvalue weighted by Gasteiger charge is 2.26.